The molecule has 1 fully saturated rings. The molecule has 0 amide bonds. The topological polar surface area (TPSA) is 40.6 Å². The maximum atomic E-state index is 14.0. The van der Waals surface area contributed by atoms with Gasteiger partial charge in [0, 0.05) is 31.4 Å². The predicted octanol–water partition coefficient (Wildman–Crippen LogP) is 3.59. The van der Waals surface area contributed by atoms with Crippen LogP contribution in [0.15, 0.2) is 29.2 Å². The standard InChI is InChI=1S/C18H17F5N2O2S/c1-10-3-5-12(6-4-10)25-8-7-24(9-11(25)2)28(26,27)18-16(22)14(20)13(19)15(21)17(18)23/h3-6,11H,7-9H2,1-2H3. The first-order chi connectivity index (χ1) is 13.1. The number of piperazine rings is 1. The largest absolute Gasteiger partial charge is 0.366 e. The number of halogens is 5. The van der Waals surface area contributed by atoms with Crippen molar-refractivity contribution in [3.8, 4) is 0 Å². The van der Waals surface area contributed by atoms with E-state index in [2.05, 4.69) is 0 Å². The molecule has 0 aromatic heterocycles. The van der Waals surface area contributed by atoms with Crippen LogP contribution in [0.25, 0.3) is 0 Å². The Bertz CT molecular complexity index is 983. The summed E-state index contributed by atoms with van der Waals surface area (Å²) in [4.78, 5) is 0.0872. The molecular formula is C18H17F5N2O2S. The Hall–Kier alpha value is -2.20. The lowest BCUT2D eigenvalue weighted by molar-refractivity contribution is 0.327. The Labute approximate surface area is 159 Å². The minimum Gasteiger partial charge on any atom is -0.366 e. The molecule has 2 aromatic rings. The molecule has 0 aliphatic carbocycles. The Morgan fingerprint density at radius 3 is 1.86 bits per heavy atom. The summed E-state index contributed by atoms with van der Waals surface area (Å²) in [5, 5.41) is 0. The third-order valence-electron chi connectivity index (χ3n) is 4.72. The lowest BCUT2D eigenvalue weighted by Crippen LogP contribution is -2.54. The van der Waals surface area contributed by atoms with Gasteiger partial charge in [0.1, 0.15) is 0 Å². The molecule has 152 valence electrons. The minimum atomic E-state index is -4.92. The lowest BCUT2D eigenvalue weighted by Gasteiger charge is -2.40. The molecule has 0 spiro atoms. The molecule has 0 N–H and O–H groups in total. The zero-order chi connectivity index (χ0) is 20.8. The van der Waals surface area contributed by atoms with Gasteiger partial charge in [0.15, 0.2) is 28.2 Å². The molecule has 1 heterocycles. The van der Waals surface area contributed by atoms with Crippen molar-refractivity contribution in [3.05, 3.63) is 58.9 Å². The summed E-state index contributed by atoms with van der Waals surface area (Å²) >= 11 is 0. The summed E-state index contributed by atoms with van der Waals surface area (Å²) in [6.07, 6.45) is 0. The van der Waals surface area contributed by atoms with E-state index in [-0.39, 0.29) is 25.7 Å². The second kappa shape index (κ2) is 7.32. The minimum absolute atomic E-state index is 0.167. The van der Waals surface area contributed by atoms with Gasteiger partial charge in [-0.1, -0.05) is 17.7 Å². The zero-order valence-corrected chi connectivity index (χ0v) is 15.8. The van der Waals surface area contributed by atoms with E-state index >= 15 is 0 Å². The number of sulfonamides is 1. The van der Waals surface area contributed by atoms with Crippen LogP contribution in [0.3, 0.4) is 0 Å². The van der Waals surface area contributed by atoms with Gasteiger partial charge in [0.25, 0.3) is 0 Å². The van der Waals surface area contributed by atoms with E-state index in [9.17, 15) is 30.4 Å². The fourth-order valence-corrected chi connectivity index (χ4v) is 4.83. The molecule has 1 atom stereocenters. The Morgan fingerprint density at radius 1 is 0.857 bits per heavy atom. The predicted molar refractivity (Wildman–Crippen MR) is 93.0 cm³/mol. The molecule has 28 heavy (non-hydrogen) atoms. The zero-order valence-electron chi connectivity index (χ0n) is 15.0. The van der Waals surface area contributed by atoms with Gasteiger partial charge in [-0.15, -0.1) is 0 Å². The first-order valence-electron chi connectivity index (χ1n) is 8.40. The van der Waals surface area contributed by atoms with E-state index in [0.29, 0.717) is 0 Å². The van der Waals surface area contributed by atoms with Gasteiger partial charge in [-0.3, -0.25) is 0 Å². The second-order valence-electron chi connectivity index (χ2n) is 6.64. The highest BCUT2D eigenvalue weighted by atomic mass is 32.2. The van der Waals surface area contributed by atoms with Crippen molar-refractivity contribution in [2.24, 2.45) is 0 Å². The summed E-state index contributed by atoms with van der Waals surface area (Å²) in [5.41, 5.74) is 1.88. The van der Waals surface area contributed by atoms with Crippen LogP contribution in [0.4, 0.5) is 27.6 Å². The average Bonchev–Trinajstić information content (AvgIpc) is 2.65. The molecule has 4 nitrogen and oxygen atoms in total. The van der Waals surface area contributed by atoms with Crippen LogP contribution < -0.4 is 4.90 Å². The second-order valence-corrected chi connectivity index (χ2v) is 8.51. The summed E-state index contributed by atoms with van der Waals surface area (Å²) in [6, 6.07) is 7.12. The quantitative estimate of drug-likeness (QED) is 0.433. The molecule has 1 unspecified atom stereocenters. The van der Waals surface area contributed by atoms with Gasteiger partial charge >= 0.3 is 0 Å². The van der Waals surface area contributed by atoms with Gasteiger partial charge in [0.2, 0.25) is 15.8 Å². The van der Waals surface area contributed by atoms with Crippen LogP contribution in [0, 0.1) is 36.0 Å². The van der Waals surface area contributed by atoms with Crippen LogP contribution in [0.5, 0.6) is 0 Å². The number of anilines is 1. The highest BCUT2D eigenvalue weighted by Crippen LogP contribution is 2.31. The molecule has 0 bridgehead atoms. The molecule has 1 aliphatic rings. The molecule has 1 saturated heterocycles. The molecule has 2 aromatic carbocycles. The number of hydrogen-bond donors (Lipinski definition) is 0. The molecule has 10 heteroatoms. The third-order valence-corrected chi connectivity index (χ3v) is 6.61. The first-order valence-corrected chi connectivity index (χ1v) is 9.84. The van der Waals surface area contributed by atoms with Crippen molar-refractivity contribution >= 4 is 15.7 Å². The van der Waals surface area contributed by atoms with Gasteiger partial charge in [-0.05, 0) is 26.0 Å². The Balaban J connectivity index is 1.92. The monoisotopic (exact) mass is 420 g/mol. The fourth-order valence-electron chi connectivity index (χ4n) is 3.20. The van der Waals surface area contributed by atoms with E-state index < -0.39 is 44.0 Å². The molecule has 1 aliphatic heterocycles. The van der Waals surface area contributed by atoms with E-state index in [1.165, 1.54) is 0 Å². The summed E-state index contributed by atoms with van der Waals surface area (Å²) in [7, 11) is -4.92. The number of aryl methyl sites for hydroxylation is 1. The highest BCUT2D eigenvalue weighted by molar-refractivity contribution is 7.89. The number of hydrogen-bond acceptors (Lipinski definition) is 3. The summed E-state index contributed by atoms with van der Waals surface area (Å²) in [6.45, 7) is 3.48. The maximum Gasteiger partial charge on any atom is 0.249 e. The van der Waals surface area contributed by atoms with Gasteiger partial charge in [-0.25, -0.2) is 30.4 Å². The van der Waals surface area contributed by atoms with Crippen molar-refractivity contribution in [1.29, 1.82) is 0 Å². The van der Waals surface area contributed by atoms with E-state index in [1.54, 1.807) is 6.92 Å². The highest BCUT2D eigenvalue weighted by Gasteiger charge is 2.39. The SMILES string of the molecule is Cc1ccc(N2CCN(S(=O)(=O)c3c(F)c(F)c(F)c(F)c3F)CC2C)cc1. The molecule has 0 saturated carbocycles. The van der Waals surface area contributed by atoms with Gasteiger partial charge in [0.05, 0.1) is 0 Å². The number of rotatable bonds is 3. The normalized spacial score (nSPS) is 18.5. The number of benzene rings is 2. The average molecular weight is 420 g/mol. The molecule has 0 radical (unpaired) electrons. The van der Waals surface area contributed by atoms with Crippen LogP contribution in [-0.4, -0.2) is 38.4 Å². The smallest absolute Gasteiger partial charge is 0.249 e. The van der Waals surface area contributed by atoms with Crippen molar-refractivity contribution < 1.29 is 30.4 Å². The molecule has 3 rings (SSSR count). The van der Waals surface area contributed by atoms with Gasteiger partial charge < -0.3 is 4.90 Å². The third kappa shape index (κ3) is 3.35. The molecular weight excluding hydrogens is 403 g/mol. The van der Waals surface area contributed by atoms with Crippen LogP contribution in [-0.2, 0) is 10.0 Å². The van der Waals surface area contributed by atoms with Crippen molar-refractivity contribution in [3.63, 3.8) is 0 Å². The van der Waals surface area contributed by atoms with Crippen LogP contribution in [0.1, 0.15) is 12.5 Å². The number of nitrogens with zero attached hydrogens (tertiary/aromatic N) is 2. The lowest BCUT2D eigenvalue weighted by atomic mass is 10.1. The van der Waals surface area contributed by atoms with E-state index in [0.717, 1.165) is 15.6 Å². The van der Waals surface area contributed by atoms with Crippen molar-refractivity contribution in [2.45, 2.75) is 24.8 Å². The van der Waals surface area contributed by atoms with Crippen LogP contribution in [0.2, 0.25) is 0 Å². The van der Waals surface area contributed by atoms with Crippen molar-refractivity contribution in [1.82, 2.24) is 4.31 Å². The van der Waals surface area contributed by atoms with Crippen LogP contribution >= 0.6 is 0 Å². The van der Waals surface area contributed by atoms with E-state index in [4.69, 9.17) is 0 Å². The maximum absolute atomic E-state index is 14.0. The first kappa shape index (κ1) is 20.5. The summed E-state index contributed by atoms with van der Waals surface area (Å²) < 4.78 is 94.1. The van der Waals surface area contributed by atoms with Crippen molar-refractivity contribution in [2.75, 3.05) is 24.5 Å². The Kier molecular flexibility index (Phi) is 5.37. The summed E-state index contributed by atoms with van der Waals surface area (Å²) in [5.74, 6) is -11.7. The fraction of sp³-hybridized carbons (Fsp3) is 0.333. The van der Waals surface area contributed by atoms with Gasteiger partial charge in [-0.2, -0.15) is 4.31 Å². The Morgan fingerprint density at radius 2 is 1.36 bits per heavy atom. The van der Waals surface area contributed by atoms with E-state index in [1.807, 2.05) is 36.1 Å².